The number of ketones is 1. The fourth-order valence-corrected chi connectivity index (χ4v) is 3.64. The number of amides is 2. The van der Waals surface area contributed by atoms with Crippen molar-refractivity contribution in [2.24, 2.45) is 0 Å². The molecule has 1 fully saturated rings. The van der Waals surface area contributed by atoms with E-state index in [1.54, 1.807) is 60.7 Å². The first-order valence-corrected chi connectivity index (χ1v) is 9.72. The monoisotopic (exact) mass is 436 g/mol. The summed E-state index contributed by atoms with van der Waals surface area (Å²) in [6.07, 6.45) is 1.42. The van der Waals surface area contributed by atoms with Crippen LogP contribution in [0.15, 0.2) is 76.9 Å². The van der Waals surface area contributed by atoms with Gasteiger partial charge in [-0.2, -0.15) is 0 Å². The minimum absolute atomic E-state index is 0.104. The van der Waals surface area contributed by atoms with Gasteiger partial charge in [0.25, 0.3) is 11.7 Å². The number of halogens is 1. The molecule has 1 unspecified atom stereocenters. The molecule has 3 aromatic rings. The van der Waals surface area contributed by atoms with Crippen LogP contribution in [0.1, 0.15) is 24.3 Å². The summed E-state index contributed by atoms with van der Waals surface area (Å²) in [6.45, 7) is 1.37. The predicted molar refractivity (Wildman–Crippen MR) is 116 cm³/mol. The molecule has 1 aliphatic heterocycles. The highest BCUT2D eigenvalue weighted by atomic mass is 35.5. The first-order chi connectivity index (χ1) is 14.9. The van der Waals surface area contributed by atoms with Crippen LogP contribution in [0.2, 0.25) is 5.02 Å². The largest absolute Gasteiger partial charge is 0.507 e. The zero-order chi connectivity index (χ0) is 22.1. The molecule has 2 aromatic carbocycles. The number of nitrogens with zero attached hydrogens (tertiary/aromatic N) is 1. The van der Waals surface area contributed by atoms with Crippen LogP contribution in [-0.4, -0.2) is 22.7 Å². The van der Waals surface area contributed by atoms with Crippen LogP contribution < -0.4 is 10.2 Å². The second kappa shape index (κ2) is 8.12. The van der Waals surface area contributed by atoms with E-state index < -0.39 is 17.7 Å². The highest BCUT2D eigenvalue weighted by Crippen LogP contribution is 2.42. The molecule has 0 saturated carbocycles. The van der Waals surface area contributed by atoms with Gasteiger partial charge in [-0.05, 0) is 54.6 Å². The van der Waals surface area contributed by atoms with E-state index in [-0.39, 0.29) is 17.2 Å². The van der Waals surface area contributed by atoms with Crippen molar-refractivity contribution in [3.63, 3.8) is 0 Å². The molecule has 8 heteroatoms. The number of Topliss-reactive ketones (excluding diaryl/α,β-unsaturated/α-hetero) is 1. The first-order valence-electron chi connectivity index (χ1n) is 9.35. The van der Waals surface area contributed by atoms with Gasteiger partial charge in [0, 0.05) is 28.9 Å². The summed E-state index contributed by atoms with van der Waals surface area (Å²) >= 11 is 5.92. The molecule has 156 valence electrons. The number of anilines is 2. The van der Waals surface area contributed by atoms with Crippen LogP contribution in [0.5, 0.6) is 0 Å². The lowest BCUT2D eigenvalue weighted by molar-refractivity contribution is -0.132. The van der Waals surface area contributed by atoms with Gasteiger partial charge in [-0.25, -0.2) is 0 Å². The molecule has 2 amide bonds. The fraction of sp³-hybridized carbons (Fsp3) is 0.0870. The van der Waals surface area contributed by atoms with Crippen molar-refractivity contribution < 1.29 is 23.9 Å². The Labute approximate surface area is 182 Å². The lowest BCUT2D eigenvalue weighted by Crippen LogP contribution is -2.29. The molecule has 2 N–H and O–H groups in total. The minimum Gasteiger partial charge on any atom is -0.507 e. The van der Waals surface area contributed by atoms with Crippen molar-refractivity contribution in [1.29, 1.82) is 0 Å². The Morgan fingerprint density at radius 1 is 1.10 bits per heavy atom. The molecule has 1 aliphatic rings. The number of aliphatic hydroxyl groups excluding tert-OH is 1. The van der Waals surface area contributed by atoms with Gasteiger partial charge in [-0.1, -0.05) is 17.7 Å². The number of hydrogen-bond acceptors (Lipinski definition) is 5. The molecule has 1 aromatic heterocycles. The molecule has 1 saturated heterocycles. The number of benzene rings is 2. The van der Waals surface area contributed by atoms with Crippen molar-refractivity contribution in [1.82, 2.24) is 0 Å². The summed E-state index contributed by atoms with van der Waals surface area (Å²) in [7, 11) is 0. The van der Waals surface area contributed by atoms with E-state index in [1.165, 1.54) is 18.1 Å². The summed E-state index contributed by atoms with van der Waals surface area (Å²) < 4.78 is 5.51. The minimum atomic E-state index is -0.988. The van der Waals surface area contributed by atoms with Gasteiger partial charge in [-0.3, -0.25) is 19.3 Å². The summed E-state index contributed by atoms with van der Waals surface area (Å²) in [5, 5.41) is 14.1. The number of hydrogen-bond donors (Lipinski definition) is 2. The predicted octanol–water partition coefficient (Wildman–Crippen LogP) is 4.52. The number of aliphatic hydroxyl groups is 1. The quantitative estimate of drug-likeness (QED) is 0.356. The van der Waals surface area contributed by atoms with Gasteiger partial charge in [0.15, 0.2) is 0 Å². The Morgan fingerprint density at radius 3 is 2.48 bits per heavy atom. The van der Waals surface area contributed by atoms with Crippen molar-refractivity contribution in [3.05, 3.63) is 88.8 Å². The Hall–Kier alpha value is -3.84. The molecule has 4 rings (SSSR count). The second-order valence-electron chi connectivity index (χ2n) is 6.92. The molecule has 7 nitrogen and oxygen atoms in total. The highest BCUT2D eigenvalue weighted by Gasteiger charge is 2.48. The van der Waals surface area contributed by atoms with E-state index in [2.05, 4.69) is 5.32 Å². The zero-order valence-electron chi connectivity index (χ0n) is 16.3. The van der Waals surface area contributed by atoms with Crippen LogP contribution >= 0.6 is 11.6 Å². The topological polar surface area (TPSA) is 99.9 Å². The van der Waals surface area contributed by atoms with Gasteiger partial charge in [0.05, 0.1) is 11.8 Å². The van der Waals surface area contributed by atoms with Crippen LogP contribution in [0.25, 0.3) is 5.76 Å². The van der Waals surface area contributed by atoms with Crippen molar-refractivity contribution in [2.75, 3.05) is 10.2 Å². The Bertz CT molecular complexity index is 1200. The maximum atomic E-state index is 13.0. The van der Waals surface area contributed by atoms with E-state index in [0.29, 0.717) is 27.7 Å². The normalized spacial score (nSPS) is 17.7. The van der Waals surface area contributed by atoms with Gasteiger partial charge >= 0.3 is 0 Å². The average Bonchev–Trinajstić information content (AvgIpc) is 3.35. The molecule has 31 heavy (non-hydrogen) atoms. The molecule has 0 radical (unpaired) electrons. The van der Waals surface area contributed by atoms with E-state index in [0.717, 1.165) is 0 Å². The zero-order valence-corrected chi connectivity index (χ0v) is 17.1. The van der Waals surface area contributed by atoms with Crippen molar-refractivity contribution in [3.8, 4) is 0 Å². The number of rotatable bonds is 4. The van der Waals surface area contributed by atoms with Crippen molar-refractivity contribution in [2.45, 2.75) is 13.0 Å². The number of carbonyl (C=O) groups is 3. The molecule has 0 aliphatic carbocycles. The second-order valence-corrected chi connectivity index (χ2v) is 7.36. The standard InChI is InChI=1S/C23H17ClN2O5/c1-13(27)25-16-4-2-5-17(12-16)26-20(18-6-3-11-31-18)19(22(29)23(26)30)21(28)14-7-9-15(24)10-8-14/h2-12,20,28H,1H3,(H,25,27)/b21-19-. The molecular formula is C23H17ClN2O5. The fourth-order valence-electron chi connectivity index (χ4n) is 3.51. The van der Waals surface area contributed by atoms with E-state index >= 15 is 0 Å². The first kappa shape index (κ1) is 20.4. The summed E-state index contributed by atoms with van der Waals surface area (Å²) in [4.78, 5) is 38.7. The molecule has 1 atom stereocenters. The van der Waals surface area contributed by atoms with Gasteiger partial charge < -0.3 is 14.8 Å². The molecule has 0 bridgehead atoms. The maximum absolute atomic E-state index is 13.0. The van der Waals surface area contributed by atoms with Crippen LogP contribution in [0.4, 0.5) is 11.4 Å². The summed E-state index contributed by atoms with van der Waals surface area (Å²) in [5.41, 5.74) is 1.06. The smallest absolute Gasteiger partial charge is 0.300 e. The van der Waals surface area contributed by atoms with Crippen LogP contribution in [0.3, 0.4) is 0 Å². The Kier molecular flexibility index (Phi) is 5.35. The van der Waals surface area contributed by atoms with Crippen LogP contribution in [0, 0.1) is 0 Å². The van der Waals surface area contributed by atoms with Gasteiger partial charge in [-0.15, -0.1) is 0 Å². The van der Waals surface area contributed by atoms with E-state index in [4.69, 9.17) is 16.0 Å². The third-order valence-corrected chi connectivity index (χ3v) is 5.07. The SMILES string of the molecule is CC(=O)Nc1cccc(N2C(=O)C(=O)/C(=C(\O)c3ccc(Cl)cc3)C2c2ccco2)c1. The van der Waals surface area contributed by atoms with Gasteiger partial charge in [0.1, 0.15) is 17.6 Å². The number of nitrogens with one attached hydrogen (secondary N) is 1. The summed E-state index contributed by atoms with van der Waals surface area (Å²) in [6, 6.07) is 15.1. The third-order valence-electron chi connectivity index (χ3n) is 4.82. The lowest BCUT2D eigenvalue weighted by atomic mass is 9.99. The number of furan rings is 1. The molecular weight excluding hydrogens is 420 g/mol. The third kappa shape index (κ3) is 3.83. The highest BCUT2D eigenvalue weighted by molar-refractivity contribution is 6.51. The Balaban J connectivity index is 1.88. The van der Waals surface area contributed by atoms with E-state index in [9.17, 15) is 19.5 Å². The molecule has 0 spiro atoms. The Morgan fingerprint density at radius 2 is 1.84 bits per heavy atom. The van der Waals surface area contributed by atoms with Gasteiger partial charge in [0.2, 0.25) is 5.91 Å². The maximum Gasteiger partial charge on any atom is 0.300 e. The van der Waals surface area contributed by atoms with E-state index in [1.807, 2.05) is 0 Å². The molecule has 2 heterocycles. The summed E-state index contributed by atoms with van der Waals surface area (Å²) in [5.74, 6) is -1.98. The van der Waals surface area contributed by atoms with Crippen LogP contribution in [-0.2, 0) is 14.4 Å². The lowest BCUT2D eigenvalue weighted by Gasteiger charge is -2.24. The van der Waals surface area contributed by atoms with Crippen molar-refractivity contribution >= 4 is 46.3 Å². The average molecular weight is 437 g/mol. The number of carbonyl (C=O) groups excluding carboxylic acids is 3.